The van der Waals surface area contributed by atoms with Crippen LogP contribution in [-0.4, -0.2) is 23.8 Å². The number of rotatable bonds is 1. The predicted molar refractivity (Wildman–Crippen MR) is 63.5 cm³/mol. The summed E-state index contributed by atoms with van der Waals surface area (Å²) in [5, 5.41) is 0. The molecule has 0 radical (unpaired) electrons. The molecule has 2 heterocycles. The Hall–Kier alpha value is -1.07. The van der Waals surface area contributed by atoms with Crippen LogP contribution in [0.5, 0.6) is 0 Å². The Bertz CT molecular complexity index is 502. The van der Waals surface area contributed by atoms with Crippen LogP contribution < -0.4 is 0 Å². The Morgan fingerprint density at radius 1 is 1.33 bits per heavy atom. The van der Waals surface area contributed by atoms with Gasteiger partial charge in [0.2, 0.25) is 0 Å². The topological polar surface area (TPSA) is 37.4 Å². The first-order valence-corrected chi connectivity index (χ1v) is 5.55. The molecule has 0 unspecified atom stereocenters. The molecule has 1 aliphatic heterocycles. The number of amides is 2. The highest BCUT2D eigenvalue weighted by atomic mass is 32.1. The fourth-order valence-electron chi connectivity index (χ4n) is 1.64. The van der Waals surface area contributed by atoms with Crippen LogP contribution in [0.2, 0.25) is 0 Å². The molecule has 0 N–H and O–H groups in total. The van der Waals surface area contributed by atoms with Gasteiger partial charge in [0, 0.05) is 16.8 Å². The second-order valence-corrected chi connectivity index (χ2v) is 5.12. The lowest BCUT2D eigenvalue weighted by Crippen LogP contribution is -2.25. The summed E-state index contributed by atoms with van der Waals surface area (Å²) < 4.78 is 0. The highest BCUT2D eigenvalue weighted by Crippen LogP contribution is 2.38. The van der Waals surface area contributed by atoms with Crippen LogP contribution >= 0.6 is 24.0 Å². The molecule has 1 aliphatic rings. The van der Waals surface area contributed by atoms with Crippen LogP contribution in [0.25, 0.3) is 4.91 Å². The molecule has 78 valence electrons. The molecule has 5 heteroatoms. The van der Waals surface area contributed by atoms with E-state index in [1.807, 2.05) is 6.92 Å². The summed E-state index contributed by atoms with van der Waals surface area (Å²) in [5.74, 6) is -0.492. The van der Waals surface area contributed by atoms with Gasteiger partial charge >= 0.3 is 0 Å². The van der Waals surface area contributed by atoms with Crippen molar-refractivity contribution in [2.24, 2.45) is 0 Å². The Kier molecular flexibility index (Phi) is 2.24. The molecule has 2 amide bonds. The molecule has 1 aromatic heterocycles. The van der Waals surface area contributed by atoms with Gasteiger partial charge in [-0.3, -0.25) is 14.5 Å². The van der Waals surface area contributed by atoms with Crippen LogP contribution in [0, 0.1) is 6.92 Å². The monoisotopic (exact) mass is 239 g/mol. The number of aryl methyl sites for hydroxylation is 1. The first kappa shape index (κ1) is 10.4. The number of fused-ring (bicyclic) bond motifs is 1. The SMILES string of the molecule is C=C(S)c1sc(C)c2c1C(=O)N(C)C2=O. The van der Waals surface area contributed by atoms with Gasteiger partial charge in [0.15, 0.2) is 0 Å². The molecule has 0 bridgehead atoms. The van der Waals surface area contributed by atoms with Crippen molar-refractivity contribution in [3.63, 3.8) is 0 Å². The highest BCUT2D eigenvalue weighted by molar-refractivity contribution is 7.90. The molecule has 15 heavy (non-hydrogen) atoms. The maximum atomic E-state index is 11.8. The van der Waals surface area contributed by atoms with E-state index in [1.54, 1.807) is 0 Å². The first-order chi connectivity index (χ1) is 6.95. The smallest absolute Gasteiger partial charge is 0.262 e. The minimum absolute atomic E-state index is 0.232. The summed E-state index contributed by atoms with van der Waals surface area (Å²) in [5.41, 5.74) is 0.975. The summed E-state index contributed by atoms with van der Waals surface area (Å²) >= 11 is 5.52. The van der Waals surface area contributed by atoms with E-state index in [0.717, 1.165) is 9.78 Å². The standard InChI is InChI=1S/C10H9NO2S2/c1-4(14)8-7-6(5(2)15-8)9(12)11(3)10(7)13/h14H,1H2,2-3H3. The van der Waals surface area contributed by atoms with Gasteiger partial charge in [0.05, 0.1) is 16.0 Å². The lowest BCUT2D eigenvalue weighted by atomic mass is 10.1. The zero-order valence-corrected chi connectivity index (χ0v) is 10.0. The average Bonchev–Trinajstić information content (AvgIpc) is 2.61. The van der Waals surface area contributed by atoms with Crippen molar-refractivity contribution in [3.05, 3.63) is 27.5 Å². The second-order valence-electron chi connectivity index (χ2n) is 3.35. The summed E-state index contributed by atoms with van der Waals surface area (Å²) in [6.45, 7) is 5.52. The molecular formula is C10H9NO2S2. The minimum atomic E-state index is -0.260. The Balaban J connectivity index is 2.76. The van der Waals surface area contributed by atoms with Crippen LogP contribution in [-0.2, 0) is 0 Å². The van der Waals surface area contributed by atoms with Crippen molar-refractivity contribution in [1.29, 1.82) is 0 Å². The number of nitrogens with zero attached hydrogens (tertiary/aromatic N) is 1. The number of thiophene rings is 1. The first-order valence-electron chi connectivity index (χ1n) is 4.29. The maximum absolute atomic E-state index is 11.8. The van der Waals surface area contributed by atoms with Gasteiger partial charge in [-0.15, -0.1) is 24.0 Å². The number of hydrogen-bond acceptors (Lipinski definition) is 4. The van der Waals surface area contributed by atoms with E-state index in [4.69, 9.17) is 0 Å². The molecule has 0 atom stereocenters. The summed E-state index contributed by atoms with van der Waals surface area (Å²) in [6.07, 6.45) is 0. The van der Waals surface area contributed by atoms with Gasteiger partial charge in [-0.1, -0.05) is 6.58 Å². The molecule has 0 saturated carbocycles. The number of carbonyl (C=O) groups is 2. The third kappa shape index (κ3) is 1.27. The number of hydrogen-bond donors (Lipinski definition) is 1. The van der Waals surface area contributed by atoms with Crippen molar-refractivity contribution in [2.45, 2.75) is 6.92 Å². The van der Waals surface area contributed by atoms with Crippen molar-refractivity contribution in [2.75, 3.05) is 7.05 Å². The Labute approximate surface area is 96.8 Å². The van der Waals surface area contributed by atoms with E-state index in [-0.39, 0.29) is 11.8 Å². The molecule has 1 aromatic rings. The zero-order chi connectivity index (χ0) is 11.3. The molecule has 0 fully saturated rings. The molecule has 3 nitrogen and oxygen atoms in total. The molecule has 0 aliphatic carbocycles. The van der Waals surface area contributed by atoms with Crippen molar-refractivity contribution in [3.8, 4) is 0 Å². The van der Waals surface area contributed by atoms with Gasteiger partial charge in [0.25, 0.3) is 11.8 Å². The third-order valence-electron chi connectivity index (χ3n) is 2.38. The van der Waals surface area contributed by atoms with Gasteiger partial charge < -0.3 is 0 Å². The third-order valence-corrected chi connectivity index (χ3v) is 3.92. The van der Waals surface area contributed by atoms with E-state index in [2.05, 4.69) is 19.2 Å². The van der Waals surface area contributed by atoms with Crippen molar-refractivity contribution < 1.29 is 9.59 Å². The van der Waals surface area contributed by atoms with Gasteiger partial charge in [-0.2, -0.15) is 0 Å². The molecule has 0 saturated heterocycles. The largest absolute Gasteiger partial charge is 0.277 e. The summed E-state index contributed by atoms with van der Waals surface area (Å²) in [7, 11) is 1.49. The lowest BCUT2D eigenvalue weighted by Gasteiger charge is -2.05. The number of carbonyl (C=O) groups excluding carboxylic acids is 2. The van der Waals surface area contributed by atoms with Crippen LogP contribution in [0.4, 0.5) is 0 Å². The second kappa shape index (κ2) is 3.21. The minimum Gasteiger partial charge on any atom is -0.277 e. The lowest BCUT2D eigenvalue weighted by molar-refractivity contribution is 0.0693. The van der Waals surface area contributed by atoms with Gasteiger partial charge in [-0.25, -0.2) is 0 Å². The summed E-state index contributed by atoms with van der Waals surface area (Å²) in [4.78, 5) is 26.7. The van der Waals surface area contributed by atoms with Gasteiger partial charge in [0.1, 0.15) is 0 Å². The normalized spacial score (nSPS) is 14.7. The van der Waals surface area contributed by atoms with Crippen LogP contribution in [0.3, 0.4) is 0 Å². The van der Waals surface area contributed by atoms with E-state index in [0.29, 0.717) is 20.9 Å². The fourth-order valence-corrected chi connectivity index (χ4v) is 2.89. The number of thiol groups is 1. The van der Waals surface area contributed by atoms with Crippen LogP contribution in [0.15, 0.2) is 6.58 Å². The zero-order valence-electron chi connectivity index (χ0n) is 8.33. The molecular weight excluding hydrogens is 230 g/mol. The Morgan fingerprint density at radius 2 is 1.87 bits per heavy atom. The van der Waals surface area contributed by atoms with E-state index in [9.17, 15) is 9.59 Å². The quantitative estimate of drug-likeness (QED) is 0.602. The van der Waals surface area contributed by atoms with Crippen molar-refractivity contribution in [1.82, 2.24) is 4.90 Å². The van der Waals surface area contributed by atoms with E-state index < -0.39 is 0 Å². The van der Waals surface area contributed by atoms with E-state index >= 15 is 0 Å². The summed E-state index contributed by atoms with van der Waals surface area (Å²) in [6, 6.07) is 0. The maximum Gasteiger partial charge on any atom is 0.262 e. The highest BCUT2D eigenvalue weighted by Gasteiger charge is 2.38. The molecule has 2 rings (SSSR count). The fraction of sp³-hybridized carbons (Fsp3) is 0.200. The predicted octanol–water partition coefficient (Wildman–Crippen LogP) is 2.18. The molecule has 0 spiro atoms. The van der Waals surface area contributed by atoms with Crippen molar-refractivity contribution >= 4 is 40.7 Å². The van der Waals surface area contributed by atoms with Gasteiger partial charge in [-0.05, 0) is 6.92 Å². The Morgan fingerprint density at radius 3 is 2.40 bits per heavy atom. The van der Waals surface area contributed by atoms with E-state index in [1.165, 1.54) is 18.4 Å². The van der Waals surface area contributed by atoms with Crippen LogP contribution in [0.1, 0.15) is 30.5 Å². The number of imide groups is 1. The average molecular weight is 239 g/mol. The molecule has 0 aromatic carbocycles.